The van der Waals surface area contributed by atoms with Gasteiger partial charge in [0.15, 0.2) is 0 Å². The molecule has 2 rings (SSSR count). The number of nitrogens with two attached hydrogens (primary N) is 1. The van der Waals surface area contributed by atoms with Crippen LogP contribution in [0.25, 0.3) is 0 Å². The maximum atomic E-state index is 12.0. The lowest BCUT2D eigenvalue weighted by atomic mass is 10.1. The standard InChI is InChI=1S/C15H22N4O3/c1-2-22-12-5-3-11(4-6-12)10-19-8-7-17-15(21)13(19)9-14(20)18-16/h3-6,13H,2,7-10,16H2,1H3,(H,17,21)(H,18,20). The lowest BCUT2D eigenvalue weighted by Crippen LogP contribution is -2.56. The van der Waals surface area contributed by atoms with Crippen LogP contribution in [0, 0.1) is 0 Å². The number of hydrazine groups is 1. The number of carbonyl (C=O) groups is 2. The molecule has 0 radical (unpaired) electrons. The van der Waals surface area contributed by atoms with E-state index in [0.717, 1.165) is 11.3 Å². The van der Waals surface area contributed by atoms with Crippen LogP contribution in [0.5, 0.6) is 5.75 Å². The maximum absolute atomic E-state index is 12.0. The van der Waals surface area contributed by atoms with E-state index >= 15 is 0 Å². The van der Waals surface area contributed by atoms with Crippen molar-refractivity contribution in [3.8, 4) is 5.75 Å². The third-order valence-electron chi connectivity index (χ3n) is 3.60. The highest BCUT2D eigenvalue weighted by atomic mass is 16.5. The molecule has 1 aliphatic rings. The van der Waals surface area contributed by atoms with Gasteiger partial charge in [-0.25, -0.2) is 5.84 Å². The average Bonchev–Trinajstić information content (AvgIpc) is 2.52. The van der Waals surface area contributed by atoms with E-state index in [1.165, 1.54) is 0 Å². The summed E-state index contributed by atoms with van der Waals surface area (Å²) in [6, 6.07) is 7.26. The zero-order chi connectivity index (χ0) is 15.9. The molecule has 1 aromatic carbocycles. The molecule has 0 spiro atoms. The molecule has 1 aromatic rings. The molecule has 1 fully saturated rings. The van der Waals surface area contributed by atoms with Crippen LogP contribution in [0.2, 0.25) is 0 Å². The van der Waals surface area contributed by atoms with E-state index < -0.39 is 6.04 Å². The molecule has 22 heavy (non-hydrogen) atoms. The Bertz CT molecular complexity index is 518. The number of benzene rings is 1. The van der Waals surface area contributed by atoms with Crippen LogP contribution in [0.3, 0.4) is 0 Å². The minimum absolute atomic E-state index is 0.0549. The van der Waals surface area contributed by atoms with Gasteiger partial charge in [0, 0.05) is 19.6 Å². The fourth-order valence-electron chi connectivity index (χ4n) is 2.50. The van der Waals surface area contributed by atoms with Gasteiger partial charge in [-0.05, 0) is 24.6 Å². The van der Waals surface area contributed by atoms with Gasteiger partial charge in [0.1, 0.15) is 5.75 Å². The molecule has 4 N–H and O–H groups in total. The number of nitrogens with one attached hydrogen (secondary N) is 2. The molecular weight excluding hydrogens is 284 g/mol. The van der Waals surface area contributed by atoms with Crippen molar-refractivity contribution >= 4 is 11.8 Å². The predicted molar refractivity (Wildman–Crippen MR) is 81.8 cm³/mol. The van der Waals surface area contributed by atoms with Gasteiger partial charge >= 0.3 is 0 Å². The van der Waals surface area contributed by atoms with Gasteiger partial charge in [-0.15, -0.1) is 0 Å². The third-order valence-corrected chi connectivity index (χ3v) is 3.60. The molecule has 0 aliphatic carbocycles. The molecule has 1 unspecified atom stereocenters. The van der Waals surface area contributed by atoms with Crippen molar-refractivity contribution in [3.05, 3.63) is 29.8 Å². The zero-order valence-corrected chi connectivity index (χ0v) is 12.7. The molecule has 1 aliphatic heterocycles. The summed E-state index contributed by atoms with van der Waals surface area (Å²) in [5, 5.41) is 2.78. The van der Waals surface area contributed by atoms with Crippen molar-refractivity contribution < 1.29 is 14.3 Å². The van der Waals surface area contributed by atoms with Crippen molar-refractivity contribution in [2.75, 3.05) is 19.7 Å². The fraction of sp³-hybridized carbons (Fsp3) is 0.467. The zero-order valence-electron chi connectivity index (χ0n) is 12.7. The van der Waals surface area contributed by atoms with Gasteiger partial charge in [-0.1, -0.05) is 12.1 Å². The maximum Gasteiger partial charge on any atom is 0.237 e. The monoisotopic (exact) mass is 306 g/mol. The van der Waals surface area contributed by atoms with Crippen LogP contribution in [-0.2, 0) is 16.1 Å². The Morgan fingerprint density at radius 3 is 2.82 bits per heavy atom. The van der Waals surface area contributed by atoms with E-state index in [-0.39, 0.29) is 18.2 Å². The minimum Gasteiger partial charge on any atom is -0.494 e. The third kappa shape index (κ3) is 4.19. The average molecular weight is 306 g/mol. The second-order valence-corrected chi connectivity index (χ2v) is 5.13. The first kappa shape index (κ1) is 16.3. The van der Waals surface area contributed by atoms with Crippen molar-refractivity contribution in [1.82, 2.24) is 15.6 Å². The number of amides is 2. The summed E-state index contributed by atoms with van der Waals surface area (Å²) in [7, 11) is 0. The fourth-order valence-corrected chi connectivity index (χ4v) is 2.50. The van der Waals surface area contributed by atoms with Crippen LogP contribution < -0.4 is 21.3 Å². The molecule has 0 bridgehead atoms. The molecule has 120 valence electrons. The van der Waals surface area contributed by atoms with Crippen molar-refractivity contribution in [2.24, 2.45) is 5.84 Å². The summed E-state index contributed by atoms with van der Waals surface area (Å²) in [6.07, 6.45) is 0.0549. The molecule has 2 amide bonds. The molecule has 0 saturated carbocycles. The van der Waals surface area contributed by atoms with Crippen LogP contribution >= 0.6 is 0 Å². The number of carbonyl (C=O) groups excluding carboxylic acids is 2. The van der Waals surface area contributed by atoms with Gasteiger partial charge in [0.05, 0.1) is 19.1 Å². The Hall–Kier alpha value is -2.12. The first-order chi connectivity index (χ1) is 10.6. The highest BCUT2D eigenvalue weighted by molar-refractivity contribution is 5.88. The summed E-state index contributed by atoms with van der Waals surface area (Å²) in [5.41, 5.74) is 3.14. The normalized spacial score (nSPS) is 18.6. The molecule has 7 nitrogen and oxygen atoms in total. The molecule has 7 heteroatoms. The first-order valence-corrected chi connectivity index (χ1v) is 7.37. The lowest BCUT2D eigenvalue weighted by molar-refractivity contribution is -0.134. The van der Waals surface area contributed by atoms with E-state index in [2.05, 4.69) is 10.7 Å². The highest BCUT2D eigenvalue weighted by Crippen LogP contribution is 2.17. The number of hydrogen-bond donors (Lipinski definition) is 3. The summed E-state index contributed by atoms with van der Waals surface area (Å²) in [4.78, 5) is 25.5. The van der Waals surface area contributed by atoms with Crippen LogP contribution in [-0.4, -0.2) is 42.5 Å². The van der Waals surface area contributed by atoms with E-state index in [9.17, 15) is 9.59 Å². The van der Waals surface area contributed by atoms with Gasteiger partial charge in [0.2, 0.25) is 11.8 Å². The van der Waals surface area contributed by atoms with Crippen LogP contribution in [0.15, 0.2) is 24.3 Å². The van der Waals surface area contributed by atoms with E-state index in [0.29, 0.717) is 26.2 Å². The van der Waals surface area contributed by atoms with Gasteiger partial charge in [0.25, 0.3) is 0 Å². The predicted octanol–water partition coefficient (Wildman–Crippen LogP) is -0.234. The Morgan fingerprint density at radius 1 is 1.45 bits per heavy atom. The van der Waals surface area contributed by atoms with E-state index in [1.807, 2.05) is 36.1 Å². The van der Waals surface area contributed by atoms with Crippen LogP contribution in [0.1, 0.15) is 18.9 Å². The summed E-state index contributed by atoms with van der Waals surface area (Å²) in [6.45, 7) is 4.44. The van der Waals surface area contributed by atoms with Gasteiger partial charge in [-0.2, -0.15) is 0 Å². The topological polar surface area (TPSA) is 96.7 Å². The first-order valence-electron chi connectivity index (χ1n) is 7.37. The van der Waals surface area contributed by atoms with Crippen molar-refractivity contribution in [2.45, 2.75) is 25.9 Å². The number of hydrogen-bond acceptors (Lipinski definition) is 5. The largest absolute Gasteiger partial charge is 0.494 e. The van der Waals surface area contributed by atoms with E-state index in [4.69, 9.17) is 10.6 Å². The quantitative estimate of drug-likeness (QED) is 0.383. The molecule has 1 saturated heterocycles. The molecule has 1 heterocycles. The smallest absolute Gasteiger partial charge is 0.237 e. The second kappa shape index (κ2) is 7.77. The van der Waals surface area contributed by atoms with Crippen molar-refractivity contribution in [3.63, 3.8) is 0 Å². The molecule has 0 aromatic heterocycles. The Morgan fingerprint density at radius 2 is 2.18 bits per heavy atom. The highest BCUT2D eigenvalue weighted by Gasteiger charge is 2.31. The number of rotatable bonds is 6. The van der Waals surface area contributed by atoms with Crippen molar-refractivity contribution in [1.29, 1.82) is 0 Å². The Balaban J connectivity index is 2.04. The van der Waals surface area contributed by atoms with Gasteiger partial charge in [-0.3, -0.25) is 19.9 Å². The summed E-state index contributed by atoms with van der Waals surface area (Å²) >= 11 is 0. The molecular formula is C15H22N4O3. The van der Waals surface area contributed by atoms with Gasteiger partial charge < -0.3 is 10.1 Å². The van der Waals surface area contributed by atoms with Crippen LogP contribution in [0.4, 0.5) is 0 Å². The Labute approximate surface area is 129 Å². The summed E-state index contributed by atoms with van der Waals surface area (Å²) < 4.78 is 5.41. The number of nitrogens with zero attached hydrogens (tertiary/aromatic N) is 1. The van der Waals surface area contributed by atoms with E-state index in [1.54, 1.807) is 0 Å². The minimum atomic E-state index is -0.496. The number of piperazine rings is 1. The second-order valence-electron chi connectivity index (χ2n) is 5.13. The Kier molecular flexibility index (Phi) is 5.74. The SMILES string of the molecule is CCOc1ccc(CN2CCNC(=O)C2CC(=O)NN)cc1. The summed E-state index contributed by atoms with van der Waals surface area (Å²) in [5.74, 6) is 5.45. The number of ether oxygens (including phenoxy) is 1. The molecule has 1 atom stereocenters. The lowest BCUT2D eigenvalue weighted by Gasteiger charge is -2.34.